The number of methoxy groups -OCH3 is 1. The van der Waals surface area contributed by atoms with Gasteiger partial charge in [0.25, 0.3) is 15.9 Å². The molecule has 0 unspecified atom stereocenters. The fraction of sp³-hybridized carbons (Fsp3) is 0.182. The van der Waals surface area contributed by atoms with Crippen LogP contribution in [0.25, 0.3) is 0 Å². The molecule has 0 aliphatic carbocycles. The average Bonchev–Trinajstić information content (AvgIpc) is 2.78. The van der Waals surface area contributed by atoms with Crippen LogP contribution in [0.4, 0.5) is 11.5 Å². The number of nitrogens with zero attached hydrogens (tertiary/aromatic N) is 1. The molecule has 3 rings (SSSR count). The molecule has 2 aromatic carbocycles. The summed E-state index contributed by atoms with van der Waals surface area (Å²) in [7, 11) is -2.23. The minimum Gasteiger partial charge on any atom is -0.497 e. The number of pyridine rings is 1. The highest BCUT2D eigenvalue weighted by molar-refractivity contribution is 7.92. The molecule has 0 fully saturated rings. The van der Waals surface area contributed by atoms with Crippen LogP contribution >= 0.6 is 0 Å². The second-order valence-electron chi connectivity index (χ2n) is 6.53. The van der Waals surface area contributed by atoms with Crippen LogP contribution in [0.3, 0.4) is 0 Å². The van der Waals surface area contributed by atoms with Gasteiger partial charge < -0.3 is 14.8 Å². The number of carbonyl (C=O) groups is 1. The fourth-order valence-corrected chi connectivity index (χ4v) is 3.73. The quantitative estimate of drug-likeness (QED) is 0.525. The maximum atomic E-state index is 12.6. The van der Waals surface area contributed by atoms with E-state index in [0.717, 1.165) is 0 Å². The lowest BCUT2D eigenvalue weighted by molar-refractivity contribution is -0.122. The number of anilines is 2. The second-order valence-corrected chi connectivity index (χ2v) is 8.21. The van der Waals surface area contributed by atoms with Gasteiger partial charge in [-0.15, -0.1) is 0 Å². The molecule has 0 saturated heterocycles. The van der Waals surface area contributed by atoms with E-state index in [0.29, 0.717) is 23.6 Å². The molecular formula is C22H23N3O5S. The van der Waals surface area contributed by atoms with Gasteiger partial charge in [0, 0.05) is 18.0 Å². The molecule has 2 N–H and O–H groups in total. The van der Waals surface area contributed by atoms with Crippen molar-refractivity contribution in [3.63, 3.8) is 0 Å². The third-order valence-electron chi connectivity index (χ3n) is 4.32. The fourth-order valence-electron chi connectivity index (χ4n) is 2.72. The first-order valence-corrected chi connectivity index (χ1v) is 11.0. The molecule has 8 nitrogen and oxygen atoms in total. The molecule has 162 valence electrons. The van der Waals surface area contributed by atoms with Crippen molar-refractivity contribution in [2.75, 3.05) is 17.1 Å². The zero-order valence-electron chi connectivity index (χ0n) is 17.1. The molecule has 1 aromatic heterocycles. The number of ether oxygens (including phenoxy) is 2. The summed E-state index contributed by atoms with van der Waals surface area (Å²) < 4.78 is 38.3. The van der Waals surface area contributed by atoms with Gasteiger partial charge in [-0.25, -0.2) is 13.4 Å². The van der Waals surface area contributed by atoms with Crippen LogP contribution < -0.4 is 19.5 Å². The number of amides is 1. The zero-order valence-corrected chi connectivity index (χ0v) is 17.9. The van der Waals surface area contributed by atoms with Gasteiger partial charge in [-0.2, -0.15) is 0 Å². The van der Waals surface area contributed by atoms with E-state index in [1.807, 2.05) is 6.92 Å². The van der Waals surface area contributed by atoms with Crippen LogP contribution in [0, 0.1) is 0 Å². The Morgan fingerprint density at radius 3 is 2.42 bits per heavy atom. The number of hydrogen-bond acceptors (Lipinski definition) is 6. The van der Waals surface area contributed by atoms with E-state index in [-0.39, 0.29) is 16.6 Å². The highest BCUT2D eigenvalue weighted by atomic mass is 32.2. The number of benzene rings is 2. The first-order valence-electron chi connectivity index (χ1n) is 9.57. The maximum Gasteiger partial charge on any atom is 0.265 e. The van der Waals surface area contributed by atoms with Crippen molar-refractivity contribution in [1.29, 1.82) is 0 Å². The second kappa shape index (κ2) is 9.94. The largest absolute Gasteiger partial charge is 0.497 e. The minimum atomic E-state index is -3.79. The third kappa shape index (κ3) is 5.95. The summed E-state index contributed by atoms with van der Waals surface area (Å²) in [6.07, 6.45) is 1.22. The van der Waals surface area contributed by atoms with Crippen molar-refractivity contribution in [3.05, 3.63) is 72.9 Å². The van der Waals surface area contributed by atoms with Gasteiger partial charge in [0.1, 0.15) is 17.3 Å². The Labute approximate surface area is 181 Å². The molecule has 0 saturated carbocycles. The summed E-state index contributed by atoms with van der Waals surface area (Å²) in [5.41, 5.74) is 0.453. The van der Waals surface area contributed by atoms with Gasteiger partial charge in [-0.05, 0) is 55.0 Å². The van der Waals surface area contributed by atoms with Crippen molar-refractivity contribution in [2.24, 2.45) is 0 Å². The van der Waals surface area contributed by atoms with E-state index in [4.69, 9.17) is 9.47 Å². The molecule has 1 heterocycles. The van der Waals surface area contributed by atoms with Crippen molar-refractivity contribution < 1.29 is 22.7 Å². The van der Waals surface area contributed by atoms with E-state index in [9.17, 15) is 13.2 Å². The number of sulfonamides is 1. The highest BCUT2D eigenvalue weighted by Crippen LogP contribution is 2.22. The summed E-state index contributed by atoms with van der Waals surface area (Å²) in [5.74, 6) is 1.03. The highest BCUT2D eigenvalue weighted by Gasteiger charge is 2.20. The number of hydrogen-bond donors (Lipinski definition) is 2. The van der Waals surface area contributed by atoms with Crippen LogP contribution in [0.1, 0.15) is 13.3 Å². The monoisotopic (exact) mass is 441 g/mol. The molecule has 1 amide bonds. The van der Waals surface area contributed by atoms with Gasteiger partial charge in [-0.3, -0.25) is 9.52 Å². The SMILES string of the molecule is CC[C@H](Oc1cccc(OC)c1)C(=O)Nc1ccc(S(=O)(=O)Nc2ccccn2)cc1. The van der Waals surface area contributed by atoms with E-state index in [2.05, 4.69) is 15.0 Å². The van der Waals surface area contributed by atoms with Gasteiger partial charge in [0.2, 0.25) is 0 Å². The normalized spacial score (nSPS) is 11.9. The standard InChI is InChI=1S/C22H23N3O5S/c1-3-20(30-18-8-6-7-17(15-18)29-2)22(26)24-16-10-12-19(13-11-16)31(27,28)25-21-9-4-5-14-23-21/h4-15,20H,3H2,1-2H3,(H,23,25)(H,24,26)/t20-/m0/s1. The van der Waals surface area contributed by atoms with Crippen molar-refractivity contribution >= 4 is 27.4 Å². The van der Waals surface area contributed by atoms with Gasteiger partial charge in [0.15, 0.2) is 6.10 Å². The lowest BCUT2D eigenvalue weighted by Gasteiger charge is -2.18. The maximum absolute atomic E-state index is 12.6. The number of nitrogens with one attached hydrogen (secondary N) is 2. The van der Waals surface area contributed by atoms with E-state index >= 15 is 0 Å². The summed E-state index contributed by atoms with van der Waals surface area (Å²) >= 11 is 0. The predicted octanol–water partition coefficient (Wildman–Crippen LogP) is 3.69. The molecular weight excluding hydrogens is 418 g/mol. The molecule has 0 radical (unpaired) electrons. The predicted molar refractivity (Wildman–Crippen MR) is 118 cm³/mol. The van der Waals surface area contributed by atoms with Crippen molar-refractivity contribution in [3.8, 4) is 11.5 Å². The number of carbonyl (C=O) groups excluding carboxylic acids is 1. The summed E-state index contributed by atoms with van der Waals surface area (Å²) in [6.45, 7) is 1.84. The van der Waals surface area contributed by atoms with E-state index in [1.54, 1.807) is 49.6 Å². The summed E-state index contributed by atoms with van der Waals surface area (Å²) in [5, 5.41) is 2.75. The Morgan fingerprint density at radius 1 is 1.03 bits per heavy atom. The number of rotatable bonds is 9. The Bertz CT molecular complexity index is 1120. The van der Waals surface area contributed by atoms with E-state index < -0.39 is 16.1 Å². The first kappa shape index (κ1) is 22.1. The van der Waals surface area contributed by atoms with Crippen LogP contribution in [0.2, 0.25) is 0 Å². The number of aromatic nitrogens is 1. The lowest BCUT2D eigenvalue weighted by Crippen LogP contribution is -2.32. The van der Waals surface area contributed by atoms with Crippen LogP contribution in [0.5, 0.6) is 11.5 Å². The summed E-state index contributed by atoms with van der Waals surface area (Å²) in [6, 6.07) is 17.8. The van der Waals surface area contributed by atoms with E-state index in [1.165, 1.54) is 30.5 Å². The minimum absolute atomic E-state index is 0.0517. The summed E-state index contributed by atoms with van der Waals surface area (Å²) in [4.78, 5) is 16.6. The first-order chi connectivity index (χ1) is 14.9. The molecule has 0 spiro atoms. The van der Waals surface area contributed by atoms with Crippen molar-refractivity contribution in [2.45, 2.75) is 24.3 Å². The Kier molecular flexibility index (Phi) is 7.09. The van der Waals surface area contributed by atoms with Gasteiger partial charge in [0.05, 0.1) is 12.0 Å². The molecule has 0 aliphatic heterocycles. The molecule has 31 heavy (non-hydrogen) atoms. The van der Waals surface area contributed by atoms with Crippen LogP contribution in [-0.4, -0.2) is 32.5 Å². The molecule has 3 aromatic rings. The molecule has 9 heteroatoms. The molecule has 1 atom stereocenters. The van der Waals surface area contributed by atoms with Crippen LogP contribution in [-0.2, 0) is 14.8 Å². The average molecular weight is 442 g/mol. The van der Waals surface area contributed by atoms with Gasteiger partial charge >= 0.3 is 0 Å². The smallest absolute Gasteiger partial charge is 0.265 e. The Hall–Kier alpha value is -3.59. The van der Waals surface area contributed by atoms with Crippen molar-refractivity contribution in [1.82, 2.24) is 4.98 Å². The lowest BCUT2D eigenvalue weighted by atomic mass is 10.2. The zero-order chi connectivity index (χ0) is 22.3. The van der Waals surface area contributed by atoms with Gasteiger partial charge in [-0.1, -0.05) is 19.1 Å². The topological polar surface area (TPSA) is 107 Å². The Balaban J connectivity index is 1.65. The third-order valence-corrected chi connectivity index (χ3v) is 5.69. The molecule has 0 bridgehead atoms. The van der Waals surface area contributed by atoms with Crippen LogP contribution in [0.15, 0.2) is 77.8 Å². The molecule has 0 aliphatic rings. The Morgan fingerprint density at radius 2 is 1.77 bits per heavy atom.